The van der Waals surface area contributed by atoms with Gasteiger partial charge in [-0.2, -0.15) is 5.10 Å². The van der Waals surface area contributed by atoms with Crippen molar-refractivity contribution in [1.29, 1.82) is 0 Å². The molecule has 1 aromatic heterocycles. The van der Waals surface area contributed by atoms with E-state index in [2.05, 4.69) is 62.0 Å². The van der Waals surface area contributed by atoms with E-state index < -0.39 is 0 Å². The van der Waals surface area contributed by atoms with Crippen LogP contribution < -0.4 is 5.32 Å². The molecule has 0 unspecified atom stereocenters. The van der Waals surface area contributed by atoms with Gasteiger partial charge in [-0.3, -0.25) is 4.68 Å². The van der Waals surface area contributed by atoms with Gasteiger partial charge in [0.05, 0.1) is 11.2 Å². The van der Waals surface area contributed by atoms with E-state index in [-0.39, 0.29) is 0 Å². The molecule has 3 nitrogen and oxygen atoms in total. The number of hydrogen-bond acceptors (Lipinski definition) is 2. The average Bonchev–Trinajstić information content (AvgIpc) is 2.81. The molecule has 0 fully saturated rings. The van der Waals surface area contributed by atoms with E-state index in [0.29, 0.717) is 12.0 Å². The van der Waals surface area contributed by atoms with Crippen molar-refractivity contribution in [2.75, 3.05) is 0 Å². The summed E-state index contributed by atoms with van der Waals surface area (Å²) in [5.41, 5.74) is 2.43. The molecule has 0 aliphatic rings. The molecule has 0 spiro atoms. The molecule has 2 rings (SSSR count). The highest BCUT2D eigenvalue weighted by molar-refractivity contribution is 5.81. The minimum atomic E-state index is 0.484. The van der Waals surface area contributed by atoms with Crippen molar-refractivity contribution >= 4 is 10.9 Å². The first-order valence-electron chi connectivity index (χ1n) is 7.83. The summed E-state index contributed by atoms with van der Waals surface area (Å²) in [5, 5.41) is 9.61. The third-order valence-electron chi connectivity index (χ3n) is 4.00. The SMILES string of the molecule is CCC(CC)Cn1nc(CNC(C)C)c2ccccc21. The van der Waals surface area contributed by atoms with Crippen molar-refractivity contribution in [2.24, 2.45) is 5.92 Å². The zero-order valence-electron chi connectivity index (χ0n) is 13.2. The zero-order valence-corrected chi connectivity index (χ0v) is 13.2. The molecular formula is C17H27N3. The first-order valence-corrected chi connectivity index (χ1v) is 7.83. The van der Waals surface area contributed by atoms with Crippen LogP contribution >= 0.6 is 0 Å². The van der Waals surface area contributed by atoms with Crippen molar-refractivity contribution in [3.05, 3.63) is 30.0 Å². The van der Waals surface area contributed by atoms with E-state index in [4.69, 9.17) is 5.10 Å². The molecule has 0 atom stereocenters. The van der Waals surface area contributed by atoms with Gasteiger partial charge in [0.2, 0.25) is 0 Å². The molecule has 110 valence electrons. The minimum Gasteiger partial charge on any atom is -0.309 e. The fourth-order valence-corrected chi connectivity index (χ4v) is 2.56. The molecule has 0 radical (unpaired) electrons. The molecule has 0 saturated heterocycles. The van der Waals surface area contributed by atoms with Gasteiger partial charge in [0, 0.05) is 24.5 Å². The lowest BCUT2D eigenvalue weighted by atomic mass is 10.0. The van der Waals surface area contributed by atoms with Crippen molar-refractivity contribution < 1.29 is 0 Å². The standard InChI is InChI=1S/C17H27N3/c1-5-14(6-2)12-20-17-10-8-7-9-15(17)16(19-20)11-18-13(3)4/h7-10,13-14,18H,5-6,11-12H2,1-4H3. The number of benzene rings is 1. The van der Waals surface area contributed by atoms with Crippen LogP contribution in [0.25, 0.3) is 10.9 Å². The number of fused-ring (bicyclic) bond motifs is 1. The van der Waals surface area contributed by atoms with E-state index in [1.54, 1.807) is 0 Å². The van der Waals surface area contributed by atoms with E-state index in [9.17, 15) is 0 Å². The second kappa shape index (κ2) is 6.89. The van der Waals surface area contributed by atoms with Gasteiger partial charge in [-0.25, -0.2) is 0 Å². The summed E-state index contributed by atoms with van der Waals surface area (Å²) >= 11 is 0. The summed E-state index contributed by atoms with van der Waals surface area (Å²) in [7, 11) is 0. The maximum absolute atomic E-state index is 4.85. The lowest BCUT2D eigenvalue weighted by Crippen LogP contribution is -2.22. The van der Waals surface area contributed by atoms with E-state index in [1.807, 2.05) is 0 Å². The van der Waals surface area contributed by atoms with E-state index in [0.717, 1.165) is 13.1 Å². The quantitative estimate of drug-likeness (QED) is 0.827. The number of hydrogen-bond donors (Lipinski definition) is 1. The number of nitrogens with zero attached hydrogens (tertiary/aromatic N) is 2. The Balaban J connectivity index is 2.30. The lowest BCUT2D eigenvalue weighted by Gasteiger charge is -2.12. The summed E-state index contributed by atoms with van der Waals surface area (Å²) < 4.78 is 2.20. The lowest BCUT2D eigenvalue weighted by molar-refractivity contribution is 0.400. The number of para-hydroxylation sites is 1. The molecule has 0 saturated carbocycles. The van der Waals surface area contributed by atoms with Crippen molar-refractivity contribution in [3.63, 3.8) is 0 Å². The largest absolute Gasteiger partial charge is 0.309 e. The summed E-state index contributed by atoms with van der Waals surface area (Å²) in [4.78, 5) is 0. The van der Waals surface area contributed by atoms with Crippen LogP contribution in [0.3, 0.4) is 0 Å². The zero-order chi connectivity index (χ0) is 14.5. The Morgan fingerprint density at radius 2 is 1.85 bits per heavy atom. The van der Waals surface area contributed by atoms with Gasteiger partial charge in [-0.15, -0.1) is 0 Å². The fraction of sp³-hybridized carbons (Fsp3) is 0.588. The maximum Gasteiger partial charge on any atom is 0.0841 e. The highest BCUT2D eigenvalue weighted by Gasteiger charge is 2.13. The van der Waals surface area contributed by atoms with Gasteiger partial charge >= 0.3 is 0 Å². The van der Waals surface area contributed by atoms with Gasteiger partial charge in [0.15, 0.2) is 0 Å². The summed E-state index contributed by atoms with van der Waals surface area (Å²) in [5.74, 6) is 0.712. The molecule has 1 N–H and O–H groups in total. The molecule has 3 heteroatoms. The highest BCUT2D eigenvalue weighted by Crippen LogP contribution is 2.21. The molecule has 1 aromatic carbocycles. The second-order valence-corrected chi connectivity index (χ2v) is 5.86. The van der Waals surface area contributed by atoms with Crippen molar-refractivity contribution in [1.82, 2.24) is 15.1 Å². The van der Waals surface area contributed by atoms with Crippen LogP contribution in [0, 0.1) is 5.92 Å². The Labute approximate surface area is 122 Å². The number of aromatic nitrogens is 2. The Kier molecular flexibility index (Phi) is 5.18. The average molecular weight is 273 g/mol. The molecule has 2 aromatic rings. The third kappa shape index (κ3) is 3.40. The monoisotopic (exact) mass is 273 g/mol. The van der Waals surface area contributed by atoms with E-state index in [1.165, 1.54) is 29.4 Å². The van der Waals surface area contributed by atoms with Gasteiger partial charge in [0.25, 0.3) is 0 Å². The first-order chi connectivity index (χ1) is 9.65. The van der Waals surface area contributed by atoms with E-state index >= 15 is 0 Å². The number of rotatable bonds is 7. The fourth-order valence-electron chi connectivity index (χ4n) is 2.56. The summed E-state index contributed by atoms with van der Waals surface area (Å²) in [6, 6.07) is 9.06. The van der Waals surface area contributed by atoms with Crippen LogP contribution in [0.4, 0.5) is 0 Å². The molecule has 20 heavy (non-hydrogen) atoms. The molecule has 0 amide bonds. The predicted molar refractivity (Wildman–Crippen MR) is 85.8 cm³/mol. The summed E-state index contributed by atoms with van der Waals surface area (Å²) in [6.07, 6.45) is 2.43. The molecular weight excluding hydrogens is 246 g/mol. The third-order valence-corrected chi connectivity index (χ3v) is 4.00. The molecule has 0 aliphatic carbocycles. The van der Waals surface area contributed by atoms with Crippen LogP contribution in [0.1, 0.15) is 46.2 Å². The highest BCUT2D eigenvalue weighted by atomic mass is 15.3. The molecule has 0 aliphatic heterocycles. The van der Waals surface area contributed by atoms with Gasteiger partial charge < -0.3 is 5.32 Å². The maximum atomic E-state index is 4.85. The van der Waals surface area contributed by atoms with Gasteiger partial charge in [-0.05, 0) is 12.0 Å². The Morgan fingerprint density at radius 3 is 2.50 bits per heavy atom. The van der Waals surface area contributed by atoms with Gasteiger partial charge in [0.1, 0.15) is 0 Å². The smallest absolute Gasteiger partial charge is 0.0841 e. The van der Waals surface area contributed by atoms with Crippen molar-refractivity contribution in [3.8, 4) is 0 Å². The van der Waals surface area contributed by atoms with Crippen molar-refractivity contribution in [2.45, 2.75) is 59.7 Å². The predicted octanol–water partition coefficient (Wildman–Crippen LogP) is 3.97. The van der Waals surface area contributed by atoms with Crippen LogP contribution in [-0.2, 0) is 13.1 Å². The normalized spacial score (nSPS) is 11.9. The Morgan fingerprint density at radius 1 is 1.15 bits per heavy atom. The summed E-state index contributed by atoms with van der Waals surface area (Å²) in [6.45, 7) is 10.7. The topological polar surface area (TPSA) is 29.9 Å². The molecule has 0 bridgehead atoms. The Hall–Kier alpha value is -1.35. The van der Waals surface area contributed by atoms with Gasteiger partial charge in [-0.1, -0.05) is 58.7 Å². The van der Waals surface area contributed by atoms with Crippen LogP contribution in [0.15, 0.2) is 24.3 Å². The molecule has 1 heterocycles. The van der Waals surface area contributed by atoms with Crippen LogP contribution in [0.2, 0.25) is 0 Å². The second-order valence-electron chi connectivity index (χ2n) is 5.86. The van der Waals surface area contributed by atoms with Crippen LogP contribution in [-0.4, -0.2) is 15.8 Å². The number of nitrogens with one attached hydrogen (secondary N) is 1. The Bertz CT molecular complexity index is 538. The van der Waals surface area contributed by atoms with Crippen LogP contribution in [0.5, 0.6) is 0 Å². The first kappa shape index (κ1) is 15.0. The minimum absolute atomic E-state index is 0.484.